The van der Waals surface area contributed by atoms with Crippen molar-refractivity contribution in [2.75, 3.05) is 25.1 Å². The minimum Gasteiger partial charge on any atom is -0.377 e. The summed E-state index contributed by atoms with van der Waals surface area (Å²) < 4.78 is 7.97. The summed E-state index contributed by atoms with van der Waals surface area (Å²) in [5.74, 6) is 0.812. The summed E-state index contributed by atoms with van der Waals surface area (Å²) in [6, 6.07) is 0. The molecule has 2 aliphatic heterocycles. The molecule has 0 aliphatic carbocycles. The van der Waals surface area contributed by atoms with Crippen LogP contribution in [0.4, 0.5) is 5.82 Å². The first-order valence-electron chi connectivity index (χ1n) is 7.23. The van der Waals surface area contributed by atoms with Crippen LogP contribution in [0.5, 0.6) is 0 Å². The second-order valence-electron chi connectivity index (χ2n) is 5.47. The summed E-state index contributed by atoms with van der Waals surface area (Å²) in [6.07, 6.45) is 4.28. The van der Waals surface area contributed by atoms with Crippen molar-refractivity contribution in [1.29, 1.82) is 0 Å². The Labute approximate surface area is 128 Å². The van der Waals surface area contributed by atoms with E-state index in [4.69, 9.17) is 17.0 Å². The van der Waals surface area contributed by atoms with E-state index in [0.29, 0.717) is 24.5 Å². The van der Waals surface area contributed by atoms with Crippen LogP contribution in [-0.2, 0) is 17.8 Å². The molecule has 2 N–H and O–H groups in total. The Hall–Kier alpha value is -1.44. The van der Waals surface area contributed by atoms with Crippen molar-refractivity contribution < 1.29 is 4.74 Å². The normalized spacial score (nSPS) is 21.8. The molecule has 0 unspecified atom stereocenters. The van der Waals surface area contributed by atoms with Gasteiger partial charge in [-0.1, -0.05) is 6.08 Å². The predicted octanol–water partition coefficient (Wildman–Crippen LogP) is 1.46. The first-order valence-corrected chi connectivity index (χ1v) is 7.64. The van der Waals surface area contributed by atoms with Gasteiger partial charge >= 0.3 is 0 Å². The highest BCUT2D eigenvalue weighted by molar-refractivity contribution is 7.71. The van der Waals surface area contributed by atoms with Crippen LogP contribution in [0.15, 0.2) is 17.4 Å². The molecule has 0 amide bonds. The molecule has 3 rings (SSSR count). The van der Waals surface area contributed by atoms with Crippen LogP contribution in [0.2, 0.25) is 0 Å². The Morgan fingerprint density at radius 1 is 1.52 bits per heavy atom. The molecule has 0 aromatic carbocycles. The SMILES string of the molecule is C=CCn1c2c(c(=O)[nH]c1=S)CN(C[C@@H]1CCCO1)CN2. The zero-order valence-electron chi connectivity index (χ0n) is 11.9. The number of fused-ring (bicyclic) bond motifs is 1. The lowest BCUT2D eigenvalue weighted by Gasteiger charge is -2.32. The van der Waals surface area contributed by atoms with E-state index in [9.17, 15) is 4.79 Å². The lowest BCUT2D eigenvalue weighted by Crippen LogP contribution is -2.42. The van der Waals surface area contributed by atoms with Crippen LogP contribution in [-0.4, -0.2) is 40.4 Å². The second kappa shape index (κ2) is 6.13. The Morgan fingerprint density at radius 3 is 3.10 bits per heavy atom. The number of rotatable bonds is 4. The van der Waals surface area contributed by atoms with Gasteiger partial charge in [-0.15, -0.1) is 6.58 Å². The molecule has 0 spiro atoms. The van der Waals surface area contributed by atoms with E-state index in [1.54, 1.807) is 6.08 Å². The van der Waals surface area contributed by atoms with E-state index < -0.39 is 0 Å². The lowest BCUT2D eigenvalue weighted by atomic mass is 10.2. The zero-order valence-corrected chi connectivity index (χ0v) is 12.7. The monoisotopic (exact) mass is 308 g/mol. The largest absolute Gasteiger partial charge is 0.377 e. The summed E-state index contributed by atoms with van der Waals surface area (Å²) >= 11 is 5.22. The fourth-order valence-corrected chi connectivity index (χ4v) is 3.19. The molecule has 21 heavy (non-hydrogen) atoms. The Balaban J connectivity index is 1.85. The molecule has 6 nitrogen and oxygen atoms in total. The maximum absolute atomic E-state index is 12.2. The van der Waals surface area contributed by atoms with Crippen LogP contribution >= 0.6 is 12.2 Å². The van der Waals surface area contributed by atoms with Crippen molar-refractivity contribution >= 4 is 18.0 Å². The van der Waals surface area contributed by atoms with Crippen LogP contribution in [0.3, 0.4) is 0 Å². The maximum atomic E-state index is 12.2. The molecule has 114 valence electrons. The molecule has 2 aliphatic rings. The van der Waals surface area contributed by atoms with Crippen molar-refractivity contribution in [1.82, 2.24) is 14.5 Å². The molecular weight excluding hydrogens is 288 g/mol. The number of hydrogen-bond acceptors (Lipinski definition) is 5. The van der Waals surface area contributed by atoms with Gasteiger partial charge in [0.2, 0.25) is 0 Å². The molecule has 1 fully saturated rings. The van der Waals surface area contributed by atoms with Gasteiger partial charge in [0.25, 0.3) is 5.56 Å². The highest BCUT2D eigenvalue weighted by Crippen LogP contribution is 2.21. The third-order valence-corrected chi connectivity index (χ3v) is 4.27. The summed E-state index contributed by atoms with van der Waals surface area (Å²) in [4.78, 5) is 17.1. The molecule has 0 saturated carbocycles. The number of nitrogens with zero attached hydrogens (tertiary/aromatic N) is 2. The minimum absolute atomic E-state index is 0.111. The van der Waals surface area contributed by atoms with Crippen LogP contribution in [0, 0.1) is 4.77 Å². The molecule has 7 heteroatoms. The third-order valence-electron chi connectivity index (χ3n) is 3.94. The number of ether oxygens (including phenoxy) is 1. The fraction of sp³-hybridized carbons (Fsp3) is 0.571. The Morgan fingerprint density at radius 2 is 2.38 bits per heavy atom. The van der Waals surface area contributed by atoms with Crippen molar-refractivity contribution in [3.63, 3.8) is 0 Å². The minimum atomic E-state index is -0.111. The quantitative estimate of drug-likeness (QED) is 0.651. The molecule has 3 heterocycles. The molecule has 1 aromatic rings. The van der Waals surface area contributed by atoms with Gasteiger partial charge in [-0.05, 0) is 25.1 Å². The number of anilines is 1. The molecule has 1 aromatic heterocycles. The second-order valence-corrected chi connectivity index (χ2v) is 5.85. The number of nitrogens with one attached hydrogen (secondary N) is 2. The molecule has 0 bridgehead atoms. The van der Waals surface area contributed by atoms with Gasteiger partial charge in [0.15, 0.2) is 4.77 Å². The number of H-pyrrole nitrogens is 1. The summed E-state index contributed by atoms with van der Waals surface area (Å²) in [5, 5.41) is 3.32. The predicted molar refractivity (Wildman–Crippen MR) is 84.0 cm³/mol. The Bertz CT molecular complexity index is 645. The van der Waals surface area contributed by atoms with Gasteiger partial charge in [0.05, 0.1) is 18.3 Å². The molecule has 0 radical (unpaired) electrons. The van der Waals surface area contributed by atoms with Crippen LogP contribution in [0.1, 0.15) is 18.4 Å². The topological polar surface area (TPSA) is 62.3 Å². The van der Waals surface area contributed by atoms with E-state index in [1.807, 2.05) is 4.57 Å². The average Bonchev–Trinajstić information content (AvgIpc) is 2.96. The van der Waals surface area contributed by atoms with Crippen LogP contribution in [0.25, 0.3) is 0 Å². The third kappa shape index (κ3) is 2.95. The molecule has 1 atom stereocenters. The van der Waals surface area contributed by atoms with E-state index >= 15 is 0 Å². The first kappa shape index (κ1) is 14.5. The summed E-state index contributed by atoms with van der Waals surface area (Å²) in [6.45, 7) is 7.33. The van der Waals surface area contributed by atoms with Gasteiger partial charge in [0.1, 0.15) is 5.82 Å². The van der Waals surface area contributed by atoms with Crippen molar-refractivity contribution in [2.24, 2.45) is 0 Å². The molecular formula is C14H20N4O2S. The van der Waals surface area contributed by atoms with Crippen molar-refractivity contribution in [2.45, 2.75) is 32.0 Å². The number of hydrogen-bond donors (Lipinski definition) is 2. The lowest BCUT2D eigenvalue weighted by molar-refractivity contribution is 0.0716. The van der Waals surface area contributed by atoms with Crippen LogP contribution < -0.4 is 10.9 Å². The Kier molecular flexibility index (Phi) is 4.23. The van der Waals surface area contributed by atoms with Crippen molar-refractivity contribution in [3.05, 3.63) is 33.3 Å². The van der Waals surface area contributed by atoms with Gasteiger partial charge in [-0.3, -0.25) is 14.7 Å². The number of aromatic nitrogens is 2. The number of allylic oxidation sites excluding steroid dienone is 1. The van der Waals surface area contributed by atoms with E-state index in [-0.39, 0.29) is 11.7 Å². The maximum Gasteiger partial charge on any atom is 0.258 e. The van der Waals surface area contributed by atoms with Gasteiger partial charge in [-0.25, -0.2) is 0 Å². The highest BCUT2D eigenvalue weighted by Gasteiger charge is 2.25. The smallest absolute Gasteiger partial charge is 0.258 e. The average molecular weight is 308 g/mol. The van der Waals surface area contributed by atoms with Gasteiger partial charge < -0.3 is 14.6 Å². The standard InChI is InChI=1S/C14H20N4O2S/c1-2-5-18-12-11(13(19)16-14(18)21)8-17(9-15-12)7-10-4-3-6-20-10/h2,10,15H,1,3-9H2,(H,16,19,21)/t10-/m0/s1. The first-order chi connectivity index (χ1) is 10.2. The van der Waals surface area contributed by atoms with Gasteiger partial charge in [0, 0.05) is 26.2 Å². The van der Waals surface area contributed by atoms with Crippen molar-refractivity contribution in [3.8, 4) is 0 Å². The highest BCUT2D eigenvalue weighted by atomic mass is 32.1. The van der Waals surface area contributed by atoms with E-state index in [2.05, 4.69) is 21.8 Å². The summed E-state index contributed by atoms with van der Waals surface area (Å²) in [5.41, 5.74) is 0.620. The van der Waals surface area contributed by atoms with E-state index in [0.717, 1.165) is 37.4 Å². The molecule has 1 saturated heterocycles. The van der Waals surface area contributed by atoms with Gasteiger partial charge in [-0.2, -0.15) is 0 Å². The fourth-order valence-electron chi connectivity index (χ4n) is 2.94. The van der Waals surface area contributed by atoms with E-state index in [1.165, 1.54) is 0 Å². The zero-order chi connectivity index (χ0) is 14.8. The number of aromatic amines is 1. The summed E-state index contributed by atoms with van der Waals surface area (Å²) in [7, 11) is 0.